The summed E-state index contributed by atoms with van der Waals surface area (Å²) < 4.78 is 0. The van der Waals surface area contributed by atoms with Crippen LogP contribution >= 0.6 is 0 Å². The number of aliphatic hydroxyl groups excluding tert-OH is 1. The summed E-state index contributed by atoms with van der Waals surface area (Å²) in [5, 5.41) is 12.5. The first-order valence-electron chi connectivity index (χ1n) is 5.65. The van der Waals surface area contributed by atoms with Crippen molar-refractivity contribution in [2.24, 2.45) is 0 Å². The summed E-state index contributed by atoms with van der Waals surface area (Å²) in [5.41, 5.74) is 0.788. The molecule has 16 heavy (non-hydrogen) atoms. The topological polar surface area (TPSA) is 45.1 Å². The fourth-order valence-electron chi connectivity index (χ4n) is 1.37. The van der Waals surface area contributed by atoms with Crippen molar-refractivity contribution in [3.8, 4) is 0 Å². The highest BCUT2D eigenvalue weighted by molar-refractivity contribution is 5.15. The summed E-state index contributed by atoms with van der Waals surface area (Å²) >= 11 is 0. The Morgan fingerprint density at radius 2 is 1.94 bits per heavy atom. The van der Waals surface area contributed by atoms with Gasteiger partial charge in [0.05, 0.1) is 6.61 Å². The van der Waals surface area contributed by atoms with Crippen LogP contribution in [0.2, 0.25) is 0 Å². The first-order chi connectivity index (χ1) is 7.37. The van der Waals surface area contributed by atoms with Crippen molar-refractivity contribution in [3.05, 3.63) is 30.1 Å². The lowest BCUT2D eigenvalue weighted by atomic mass is 9.87. The van der Waals surface area contributed by atoms with Crippen LogP contribution in [0.5, 0.6) is 0 Å². The maximum absolute atomic E-state index is 9.18. The highest BCUT2D eigenvalue weighted by Gasteiger charge is 2.25. The van der Waals surface area contributed by atoms with Crippen LogP contribution in [0.3, 0.4) is 0 Å². The monoisotopic (exact) mass is 222 g/mol. The molecular formula is C13H22N2O. The van der Waals surface area contributed by atoms with Crippen molar-refractivity contribution in [3.63, 3.8) is 0 Å². The van der Waals surface area contributed by atoms with Crippen LogP contribution in [-0.2, 0) is 5.41 Å². The highest BCUT2D eigenvalue weighted by Crippen LogP contribution is 2.20. The van der Waals surface area contributed by atoms with Gasteiger partial charge in [-0.3, -0.25) is 4.98 Å². The van der Waals surface area contributed by atoms with Gasteiger partial charge in [0.25, 0.3) is 0 Å². The molecule has 1 aromatic rings. The molecule has 3 nitrogen and oxygen atoms in total. The molecule has 0 aliphatic carbocycles. The van der Waals surface area contributed by atoms with E-state index >= 15 is 0 Å². The van der Waals surface area contributed by atoms with Gasteiger partial charge < -0.3 is 10.4 Å². The predicted molar refractivity (Wildman–Crippen MR) is 66.4 cm³/mol. The predicted octanol–water partition coefficient (Wildman–Crippen LogP) is 1.72. The Bertz CT molecular complexity index is 320. The first-order valence-corrected chi connectivity index (χ1v) is 5.65. The average Bonchev–Trinajstić information content (AvgIpc) is 2.28. The molecule has 0 saturated carbocycles. The van der Waals surface area contributed by atoms with Crippen LogP contribution in [0.15, 0.2) is 24.4 Å². The molecule has 0 radical (unpaired) electrons. The third-order valence-electron chi connectivity index (χ3n) is 2.76. The lowest BCUT2D eigenvalue weighted by molar-refractivity contribution is 0.181. The van der Waals surface area contributed by atoms with Gasteiger partial charge in [0.15, 0.2) is 0 Å². The fraction of sp³-hybridized carbons (Fsp3) is 0.615. The van der Waals surface area contributed by atoms with Crippen LogP contribution in [0, 0.1) is 0 Å². The zero-order chi connectivity index (χ0) is 12.2. The van der Waals surface area contributed by atoms with Crippen molar-refractivity contribution < 1.29 is 5.11 Å². The summed E-state index contributed by atoms with van der Waals surface area (Å²) in [6.45, 7) is 9.19. The average molecular weight is 222 g/mol. The van der Waals surface area contributed by atoms with Crippen molar-refractivity contribution in [2.45, 2.75) is 38.6 Å². The zero-order valence-corrected chi connectivity index (χ0v) is 10.6. The minimum absolute atomic E-state index is 0.0340. The van der Waals surface area contributed by atoms with E-state index in [9.17, 15) is 5.11 Å². The fourth-order valence-corrected chi connectivity index (χ4v) is 1.37. The van der Waals surface area contributed by atoms with Gasteiger partial charge in [0.1, 0.15) is 0 Å². The third-order valence-corrected chi connectivity index (χ3v) is 2.76. The van der Waals surface area contributed by atoms with Gasteiger partial charge in [0, 0.05) is 29.4 Å². The number of hydrogen-bond donors (Lipinski definition) is 2. The number of pyridine rings is 1. The van der Waals surface area contributed by atoms with E-state index in [0.717, 1.165) is 12.2 Å². The molecule has 1 aromatic heterocycles. The summed E-state index contributed by atoms with van der Waals surface area (Å²) in [6, 6.07) is 5.96. The number of aliphatic hydroxyl groups is 1. The summed E-state index contributed by atoms with van der Waals surface area (Å²) in [7, 11) is 0. The van der Waals surface area contributed by atoms with Gasteiger partial charge in [-0.25, -0.2) is 0 Å². The Morgan fingerprint density at radius 3 is 2.44 bits per heavy atom. The maximum Gasteiger partial charge on any atom is 0.0607 e. The van der Waals surface area contributed by atoms with Crippen molar-refractivity contribution in [1.82, 2.24) is 10.3 Å². The molecule has 2 N–H and O–H groups in total. The van der Waals surface area contributed by atoms with E-state index in [0.29, 0.717) is 0 Å². The largest absolute Gasteiger partial charge is 0.394 e. The second kappa shape index (κ2) is 4.93. The van der Waals surface area contributed by atoms with Crippen molar-refractivity contribution in [1.29, 1.82) is 0 Å². The molecule has 90 valence electrons. The Balaban J connectivity index is 2.66. The standard InChI is InChI=1S/C13H22N2O/c1-12(2,9-15-13(3,4)10-16)11-7-5-6-8-14-11/h5-8,15-16H,9-10H2,1-4H3. The minimum atomic E-state index is -0.244. The molecule has 0 atom stereocenters. The molecular weight excluding hydrogens is 200 g/mol. The Morgan fingerprint density at radius 1 is 1.25 bits per heavy atom. The van der Waals surface area contributed by atoms with Crippen molar-refractivity contribution in [2.75, 3.05) is 13.2 Å². The lowest BCUT2D eigenvalue weighted by Crippen LogP contribution is -2.48. The van der Waals surface area contributed by atoms with Gasteiger partial charge in [-0.15, -0.1) is 0 Å². The van der Waals surface area contributed by atoms with Crippen LogP contribution in [0.1, 0.15) is 33.4 Å². The normalized spacial score (nSPS) is 12.8. The van der Waals surface area contributed by atoms with Crippen molar-refractivity contribution >= 4 is 0 Å². The van der Waals surface area contributed by atoms with Crippen LogP contribution in [0.4, 0.5) is 0 Å². The van der Waals surface area contributed by atoms with E-state index in [1.54, 1.807) is 0 Å². The van der Waals surface area contributed by atoms with Crippen LogP contribution in [0.25, 0.3) is 0 Å². The Kier molecular flexibility index (Phi) is 4.05. The molecule has 0 aliphatic heterocycles. The third kappa shape index (κ3) is 3.58. The SMILES string of the molecule is CC(C)(CO)NCC(C)(C)c1ccccn1. The minimum Gasteiger partial charge on any atom is -0.394 e. The van der Waals surface area contributed by atoms with E-state index in [4.69, 9.17) is 0 Å². The maximum atomic E-state index is 9.18. The highest BCUT2D eigenvalue weighted by atomic mass is 16.3. The second-order valence-corrected chi connectivity index (χ2v) is 5.49. The van der Waals surface area contributed by atoms with Crippen LogP contribution in [-0.4, -0.2) is 28.8 Å². The molecule has 0 bridgehead atoms. The summed E-state index contributed by atoms with van der Waals surface area (Å²) in [5.74, 6) is 0. The number of nitrogens with zero attached hydrogens (tertiary/aromatic N) is 1. The number of nitrogens with one attached hydrogen (secondary N) is 1. The zero-order valence-electron chi connectivity index (χ0n) is 10.6. The molecule has 0 aliphatic rings. The molecule has 1 heterocycles. The van der Waals surface area contributed by atoms with Gasteiger partial charge >= 0.3 is 0 Å². The van der Waals surface area contributed by atoms with E-state index in [1.165, 1.54) is 0 Å². The smallest absolute Gasteiger partial charge is 0.0607 e. The molecule has 0 unspecified atom stereocenters. The second-order valence-electron chi connectivity index (χ2n) is 5.49. The number of aromatic nitrogens is 1. The Labute approximate surface area is 97.9 Å². The summed E-state index contributed by atoms with van der Waals surface area (Å²) in [6.07, 6.45) is 1.81. The Hall–Kier alpha value is -0.930. The van der Waals surface area contributed by atoms with Gasteiger partial charge in [-0.2, -0.15) is 0 Å². The van der Waals surface area contributed by atoms with E-state index in [2.05, 4.69) is 24.1 Å². The molecule has 3 heteroatoms. The van der Waals surface area contributed by atoms with E-state index in [-0.39, 0.29) is 17.6 Å². The van der Waals surface area contributed by atoms with E-state index in [1.807, 2.05) is 38.2 Å². The van der Waals surface area contributed by atoms with Gasteiger partial charge in [-0.1, -0.05) is 19.9 Å². The van der Waals surface area contributed by atoms with Gasteiger partial charge in [0.2, 0.25) is 0 Å². The summed E-state index contributed by atoms with van der Waals surface area (Å²) in [4.78, 5) is 4.37. The number of rotatable bonds is 5. The first kappa shape index (κ1) is 13.1. The molecule has 1 rings (SSSR count). The van der Waals surface area contributed by atoms with E-state index < -0.39 is 0 Å². The number of hydrogen-bond acceptors (Lipinski definition) is 3. The lowest BCUT2D eigenvalue weighted by Gasteiger charge is -2.31. The quantitative estimate of drug-likeness (QED) is 0.797. The molecule has 0 amide bonds. The van der Waals surface area contributed by atoms with Crippen LogP contribution < -0.4 is 5.32 Å². The molecule has 0 saturated heterocycles. The molecule has 0 spiro atoms. The van der Waals surface area contributed by atoms with Gasteiger partial charge in [-0.05, 0) is 26.0 Å². The molecule has 0 aromatic carbocycles. The molecule has 0 fully saturated rings.